The van der Waals surface area contributed by atoms with Crippen molar-refractivity contribution in [1.82, 2.24) is 20.1 Å². The third-order valence-electron chi connectivity index (χ3n) is 4.52. The predicted molar refractivity (Wildman–Crippen MR) is 118 cm³/mol. The number of thiazole rings is 1. The fraction of sp³-hybridized carbons (Fsp3) is 0.190. The van der Waals surface area contributed by atoms with E-state index in [0.717, 1.165) is 32.4 Å². The molecule has 0 atom stereocenters. The van der Waals surface area contributed by atoms with Gasteiger partial charge in [0, 0.05) is 18.6 Å². The second kappa shape index (κ2) is 8.23. The van der Waals surface area contributed by atoms with Crippen molar-refractivity contribution in [3.05, 3.63) is 70.9 Å². The molecule has 6 nitrogen and oxygen atoms in total. The summed E-state index contributed by atoms with van der Waals surface area (Å²) in [7, 11) is 1.86. The summed E-state index contributed by atoms with van der Waals surface area (Å²) in [6, 6.07) is 17.4. The van der Waals surface area contributed by atoms with Gasteiger partial charge in [-0.3, -0.25) is 4.79 Å². The van der Waals surface area contributed by atoms with Crippen LogP contribution in [0.25, 0.3) is 16.0 Å². The average molecular weight is 426 g/mol. The van der Waals surface area contributed by atoms with E-state index in [1.54, 1.807) is 0 Å². The maximum absolute atomic E-state index is 12.4. The van der Waals surface area contributed by atoms with Crippen LogP contribution < -0.4 is 10.2 Å². The smallest absolute Gasteiger partial charge is 0.239 e. The zero-order valence-corrected chi connectivity index (χ0v) is 17.7. The molecule has 0 bridgehead atoms. The molecule has 29 heavy (non-hydrogen) atoms. The van der Waals surface area contributed by atoms with Gasteiger partial charge < -0.3 is 10.2 Å². The number of hydrogen-bond donors (Lipinski definition) is 1. The van der Waals surface area contributed by atoms with Crippen LogP contribution in [-0.2, 0) is 11.3 Å². The van der Waals surface area contributed by atoms with Crippen molar-refractivity contribution in [2.24, 2.45) is 0 Å². The summed E-state index contributed by atoms with van der Waals surface area (Å²) in [6.07, 6.45) is 0. The Morgan fingerprint density at radius 2 is 1.90 bits per heavy atom. The molecule has 0 spiro atoms. The number of carbonyl (C=O) groups is 1. The fourth-order valence-electron chi connectivity index (χ4n) is 3.01. The monoisotopic (exact) mass is 425 g/mol. The molecule has 0 aliphatic rings. The molecule has 8 heteroatoms. The molecule has 2 aromatic carbocycles. The Hall–Kier alpha value is -2.90. The summed E-state index contributed by atoms with van der Waals surface area (Å²) in [5.74, 6) is -0.0897. The van der Waals surface area contributed by atoms with Crippen LogP contribution in [0.5, 0.6) is 0 Å². The highest BCUT2D eigenvalue weighted by Gasteiger charge is 2.18. The number of aromatic nitrogens is 3. The van der Waals surface area contributed by atoms with Crippen molar-refractivity contribution in [1.29, 1.82) is 0 Å². The molecule has 1 amide bonds. The topological polar surface area (TPSA) is 63.1 Å². The van der Waals surface area contributed by atoms with Crippen LogP contribution >= 0.6 is 22.9 Å². The molecule has 0 aliphatic carbocycles. The molecule has 0 unspecified atom stereocenters. The summed E-state index contributed by atoms with van der Waals surface area (Å²) in [4.78, 5) is 19.0. The second-order valence-electron chi connectivity index (χ2n) is 6.71. The molecule has 0 saturated carbocycles. The van der Waals surface area contributed by atoms with Gasteiger partial charge in [-0.2, -0.15) is 10.1 Å². The zero-order chi connectivity index (χ0) is 20.4. The molecule has 4 aromatic rings. The maximum Gasteiger partial charge on any atom is 0.239 e. The molecule has 0 aliphatic heterocycles. The Bertz CT molecular complexity index is 1150. The van der Waals surface area contributed by atoms with Crippen LogP contribution in [0.4, 0.5) is 5.13 Å². The number of anilines is 1. The minimum absolute atomic E-state index is 0.0897. The van der Waals surface area contributed by atoms with Crippen LogP contribution in [0.2, 0.25) is 5.02 Å². The molecule has 0 saturated heterocycles. The SMILES string of the molecule is Cc1nn(-c2ccccc2)c2nc(N(C)CC(=O)NCc3ccccc3Cl)sc12. The van der Waals surface area contributed by atoms with E-state index in [9.17, 15) is 4.79 Å². The van der Waals surface area contributed by atoms with Gasteiger partial charge >= 0.3 is 0 Å². The fourth-order valence-corrected chi connectivity index (χ4v) is 4.16. The number of likely N-dealkylation sites (N-methyl/N-ethyl adjacent to an activating group) is 1. The van der Waals surface area contributed by atoms with E-state index < -0.39 is 0 Å². The van der Waals surface area contributed by atoms with E-state index in [4.69, 9.17) is 16.6 Å². The Kier molecular flexibility index (Phi) is 5.51. The van der Waals surface area contributed by atoms with E-state index >= 15 is 0 Å². The lowest BCUT2D eigenvalue weighted by molar-refractivity contribution is -0.119. The highest BCUT2D eigenvalue weighted by molar-refractivity contribution is 7.22. The lowest BCUT2D eigenvalue weighted by atomic mass is 10.2. The summed E-state index contributed by atoms with van der Waals surface area (Å²) in [5, 5.41) is 8.94. The number of amides is 1. The summed E-state index contributed by atoms with van der Waals surface area (Å²) >= 11 is 7.68. The quantitative estimate of drug-likeness (QED) is 0.503. The lowest BCUT2D eigenvalue weighted by Crippen LogP contribution is -2.34. The van der Waals surface area contributed by atoms with Crippen LogP contribution in [0.3, 0.4) is 0 Å². The van der Waals surface area contributed by atoms with Gasteiger partial charge in [0.2, 0.25) is 5.91 Å². The molecule has 148 valence electrons. The Labute approximate surface area is 177 Å². The molecule has 0 radical (unpaired) electrons. The highest BCUT2D eigenvalue weighted by Crippen LogP contribution is 2.31. The van der Waals surface area contributed by atoms with Crippen molar-refractivity contribution < 1.29 is 4.79 Å². The number of benzene rings is 2. The van der Waals surface area contributed by atoms with Gasteiger partial charge in [0.15, 0.2) is 10.8 Å². The largest absolute Gasteiger partial charge is 0.350 e. The average Bonchev–Trinajstić information content (AvgIpc) is 3.29. The van der Waals surface area contributed by atoms with Gasteiger partial charge in [-0.1, -0.05) is 59.3 Å². The number of hydrogen-bond acceptors (Lipinski definition) is 5. The van der Waals surface area contributed by atoms with E-state index in [2.05, 4.69) is 10.4 Å². The summed E-state index contributed by atoms with van der Waals surface area (Å²) in [5.41, 5.74) is 3.58. The molecule has 2 aromatic heterocycles. The van der Waals surface area contributed by atoms with Crippen molar-refractivity contribution in [2.45, 2.75) is 13.5 Å². The van der Waals surface area contributed by atoms with Gasteiger partial charge in [0.1, 0.15) is 0 Å². The second-order valence-corrected chi connectivity index (χ2v) is 8.09. The van der Waals surface area contributed by atoms with Crippen LogP contribution in [0.15, 0.2) is 54.6 Å². The molecule has 4 rings (SSSR count). The predicted octanol–water partition coefficient (Wildman–Crippen LogP) is 4.20. The lowest BCUT2D eigenvalue weighted by Gasteiger charge is -2.15. The van der Waals surface area contributed by atoms with Gasteiger partial charge in [0.05, 0.1) is 22.6 Å². The van der Waals surface area contributed by atoms with E-state index in [1.807, 2.05) is 78.2 Å². The molecule has 1 N–H and O–H groups in total. The molecular formula is C21H20ClN5OS. The Morgan fingerprint density at radius 1 is 1.17 bits per heavy atom. The van der Waals surface area contributed by atoms with Crippen LogP contribution in [0.1, 0.15) is 11.3 Å². The van der Waals surface area contributed by atoms with Gasteiger partial charge in [-0.25, -0.2) is 4.68 Å². The van der Waals surface area contributed by atoms with Gasteiger partial charge in [0.25, 0.3) is 0 Å². The van der Waals surface area contributed by atoms with Crippen molar-refractivity contribution in [2.75, 3.05) is 18.5 Å². The minimum atomic E-state index is -0.0897. The van der Waals surface area contributed by atoms with Crippen LogP contribution in [0, 0.1) is 6.92 Å². The zero-order valence-electron chi connectivity index (χ0n) is 16.1. The van der Waals surface area contributed by atoms with Crippen molar-refractivity contribution >= 4 is 44.3 Å². The van der Waals surface area contributed by atoms with E-state index in [1.165, 1.54) is 11.3 Å². The first-order valence-electron chi connectivity index (χ1n) is 9.16. The number of halogens is 1. The number of nitrogens with zero attached hydrogens (tertiary/aromatic N) is 4. The normalized spacial score (nSPS) is 11.0. The third kappa shape index (κ3) is 4.11. The number of carbonyl (C=O) groups excluding carboxylic acids is 1. The van der Waals surface area contributed by atoms with Gasteiger partial charge in [-0.15, -0.1) is 0 Å². The highest BCUT2D eigenvalue weighted by atomic mass is 35.5. The Balaban J connectivity index is 1.48. The van der Waals surface area contributed by atoms with Crippen molar-refractivity contribution in [3.63, 3.8) is 0 Å². The standard InChI is InChI=1S/C21H20ClN5OS/c1-14-19-20(27(25-14)16-9-4-3-5-10-16)24-21(29-19)26(2)13-18(28)23-12-15-8-6-7-11-17(15)22/h3-11H,12-13H2,1-2H3,(H,23,28). The number of aryl methyl sites for hydroxylation is 1. The van der Waals surface area contributed by atoms with E-state index in [0.29, 0.717) is 11.6 Å². The van der Waals surface area contributed by atoms with Crippen LogP contribution in [-0.4, -0.2) is 34.3 Å². The maximum atomic E-state index is 12.4. The number of para-hydroxylation sites is 1. The molecular weight excluding hydrogens is 406 g/mol. The first-order chi connectivity index (χ1) is 14.0. The number of fused-ring (bicyclic) bond motifs is 1. The first-order valence-corrected chi connectivity index (χ1v) is 10.3. The number of rotatable bonds is 6. The summed E-state index contributed by atoms with van der Waals surface area (Å²) < 4.78 is 2.86. The minimum Gasteiger partial charge on any atom is -0.350 e. The molecule has 0 fully saturated rings. The Morgan fingerprint density at radius 3 is 2.66 bits per heavy atom. The van der Waals surface area contributed by atoms with Crippen molar-refractivity contribution in [3.8, 4) is 5.69 Å². The van der Waals surface area contributed by atoms with E-state index in [-0.39, 0.29) is 12.5 Å². The number of nitrogens with one attached hydrogen (secondary N) is 1. The third-order valence-corrected chi connectivity index (χ3v) is 6.16. The molecule has 2 heterocycles. The first kappa shape index (κ1) is 19.4. The van der Waals surface area contributed by atoms with Gasteiger partial charge in [-0.05, 0) is 30.7 Å². The summed E-state index contributed by atoms with van der Waals surface area (Å²) in [6.45, 7) is 2.58.